The average molecular weight is 259 g/mol. The summed E-state index contributed by atoms with van der Waals surface area (Å²) in [5, 5.41) is 2.64. The number of hydrogen-bond donors (Lipinski definition) is 1. The zero-order chi connectivity index (χ0) is 13.2. The van der Waals surface area contributed by atoms with Crippen molar-refractivity contribution < 1.29 is 22.7 Å². The number of halogens is 3. The number of amides is 1. The van der Waals surface area contributed by atoms with Gasteiger partial charge in [0, 0.05) is 13.0 Å². The zero-order valence-electron chi connectivity index (χ0n) is 9.46. The molecule has 1 heterocycles. The summed E-state index contributed by atoms with van der Waals surface area (Å²) in [5.74, 6) is -0.168. The Morgan fingerprint density at radius 3 is 2.44 bits per heavy atom. The first-order chi connectivity index (χ1) is 8.45. The lowest BCUT2D eigenvalue weighted by Crippen LogP contribution is -2.43. The molecule has 0 aromatic heterocycles. The number of carbonyl (C=O) groups excluding carboxylic acids is 1. The molecular formula is C12H12F3NO2. The molecule has 0 aliphatic carbocycles. The summed E-state index contributed by atoms with van der Waals surface area (Å²) in [6.45, 7) is 0.394. The van der Waals surface area contributed by atoms with E-state index in [0.717, 1.165) is 17.7 Å². The molecule has 1 aromatic carbocycles. The van der Waals surface area contributed by atoms with Crippen LogP contribution in [0.4, 0.5) is 13.2 Å². The first kappa shape index (κ1) is 12.9. The first-order valence-electron chi connectivity index (χ1n) is 5.49. The van der Waals surface area contributed by atoms with Crippen molar-refractivity contribution in [3.63, 3.8) is 0 Å². The highest BCUT2D eigenvalue weighted by Crippen LogP contribution is 2.29. The molecule has 6 heteroatoms. The van der Waals surface area contributed by atoms with E-state index in [9.17, 15) is 18.0 Å². The Kier molecular flexibility index (Phi) is 3.56. The van der Waals surface area contributed by atoms with Crippen molar-refractivity contribution in [2.24, 2.45) is 0 Å². The minimum absolute atomic E-state index is 0.00526. The maximum absolute atomic E-state index is 12.3. The number of morpholine rings is 1. The lowest BCUT2D eigenvalue weighted by Gasteiger charge is -2.23. The van der Waals surface area contributed by atoms with Crippen molar-refractivity contribution in [1.29, 1.82) is 0 Å². The molecule has 1 amide bonds. The summed E-state index contributed by atoms with van der Waals surface area (Å²) in [6, 6.07) is 4.97. The number of nitrogens with one attached hydrogen (secondary N) is 1. The van der Waals surface area contributed by atoms with Crippen LogP contribution in [0.5, 0.6) is 0 Å². The van der Waals surface area contributed by atoms with E-state index in [4.69, 9.17) is 4.74 Å². The fraction of sp³-hybridized carbons (Fsp3) is 0.417. The third-order valence-electron chi connectivity index (χ3n) is 2.72. The van der Waals surface area contributed by atoms with E-state index < -0.39 is 11.7 Å². The van der Waals surface area contributed by atoms with Crippen LogP contribution in [0, 0.1) is 0 Å². The first-order valence-corrected chi connectivity index (χ1v) is 5.49. The van der Waals surface area contributed by atoms with Crippen LogP contribution in [-0.2, 0) is 22.1 Å². The van der Waals surface area contributed by atoms with Gasteiger partial charge in [-0.1, -0.05) is 12.1 Å². The lowest BCUT2D eigenvalue weighted by atomic mass is 10.0. The lowest BCUT2D eigenvalue weighted by molar-refractivity contribution is -0.137. The van der Waals surface area contributed by atoms with Crippen molar-refractivity contribution in [3.8, 4) is 0 Å². The van der Waals surface area contributed by atoms with E-state index in [-0.39, 0.29) is 18.6 Å². The zero-order valence-corrected chi connectivity index (χ0v) is 9.46. The second-order valence-corrected chi connectivity index (χ2v) is 4.14. The van der Waals surface area contributed by atoms with Crippen molar-refractivity contribution >= 4 is 5.91 Å². The minimum atomic E-state index is -4.31. The molecule has 98 valence electrons. The molecule has 1 aliphatic heterocycles. The fourth-order valence-corrected chi connectivity index (χ4v) is 1.75. The van der Waals surface area contributed by atoms with E-state index in [1.807, 2.05) is 0 Å². The van der Waals surface area contributed by atoms with Gasteiger partial charge in [-0.15, -0.1) is 0 Å². The van der Waals surface area contributed by atoms with Gasteiger partial charge in [-0.3, -0.25) is 4.79 Å². The highest BCUT2D eigenvalue weighted by molar-refractivity contribution is 5.77. The van der Waals surface area contributed by atoms with E-state index in [1.165, 1.54) is 12.1 Å². The molecule has 1 aliphatic rings. The van der Waals surface area contributed by atoms with Gasteiger partial charge in [-0.2, -0.15) is 13.2 Å². The Bertz CT molecular complexity index is 418. The third kappa shape index (κ3) is 3.22. The molecule has 1 aromatic rings. The number of hydrogen-bond acceptors (Lipinski definition) is 2. The van der Waals surface area contributed by atoms with E-state index in [1.54, 1.807) is 0 Å². The Morgan fingerprint density at radius 1 is 1.28 bits per heavy atom. The normalized spacial score (nSPS) is 20.6. The van der Waals surface area contributed by atoms with Gasteiger partial charge in [-0.25, -0.2) is 0 Å². The molecule has 1 saturated heterocycles. The maximum atomic E-state index is 12.3. The van der Waals surface area contributed by atoms with E-state index >= 15 is 0 Å². The summed E-state index contributed by atoms with van der Waals surface area (Å²) in [5.41, 5.74) is 0.0910. The maximum Gasteiger partial charge on any atom is 0.416 e. The van der Waals surface area contributed by atoms with Crippen LogP contribution in [0.1, 0.15) is 11.1 Å². The van der Waals surface area contributed by atoms with Crippen LogP contribution < -0.4 is 5.32 Å². The molecular weight excluding hydrogens is 247 g/mol. The van der Waals surface area contributed by atoms with Crippen molar-refractivity contribution in [2.45, 2.75) is 18.7 Å². The molecule has 0 bridgehead atoms. The van der Waals surface area contributed by atoms with Gasteiger partial charge in [-0.05, 0) is 17.7 Å². The van der Waals surface area contributed by atoms with Crippen LogP contribution in [0.2, 0.25) is 0 Å². The fourth-order valence-electron chi connectivity index (χ4n) is 1.75. The highest BCUT2D eigenvalue weighted by atomic mass is 19.4. The SMILES string of the molecule is O=C1COC(Cc2ccc(C(F)(F)F)cc2)CN1. The van der Waals surface area contributed by atoms with E-state index in [0.29, 0.717) is 13.0 Å². The summed E-state index contributed by atoms with van der Waals surface area (Å²) in [7, 11) is 0. The number of ether oxygens (including phenoxy) is 1. The Labute approximate surface area is 102 Å². The van der Waals surface area contributed by atoms with Gasteiger partial charge in [0.25, 0.3) is 0 Å². The van der Waals surface area contributed by atoms with Crippen LogP contribution in [0.25, 0.3) is 0 Å². The molecule has 2 rings (SSSR count). The van der Waals surface area contributed by atoms with Gasteiger partial charge in [0.05, 0.1) is 11.7 Å². The van der Waals surface area contributed by atoms with Crippen LogP contribution >= 0.6 is 0 Å². The van der Waals surface area contributed by atoms with Crippen LogP contribution in [0.15, 0.2) is 24.3 Å². The molecule has 1 N–H and O–H groups in total. The van der Waals surface area contributed by atoms with Gasteiger partial charge in [0.2, 0.25) is 5.91 Å². The highest BCUT2D eigenvalue weighted by Gasteiger charge is 2.30. The van der Waals surface area contributed by atoms with Gasteiger partial charge < -0.3 is 10.1 Å². The number of carbonyl (C=O) groups is 1. The summed E-state index contributed by atoms with van der Waals surface area (Å²) in [6.07, 6.45) is -4.01. The van der Waals surface area contributed by atoms with Gasteiger partial charge in [0.1, 0.15) is 6.61 Å². The number of rotatable bonds is 2. The molecule has 18 heavy (non-hydrogen) atoms. The number of benzene rings is 1. The van der Waals surface area contributed by atoms with Crippen molar-refractivity contribution in [2.75, 3.05) is 13.2 Å². The Balaban J connectivity index is 1.96. The molecule has 1 fully saturated rings. The van der Waals surface area contributed by atoms with Gasteiger partial charge >= 0.3 is 6.18 Å². The minimum Gasteiger partial charge on any atom is -0.366 e. The second kappa shape index (κ2) is 4.97. The standard InChI is InChI=1S/C12H12F3NO2/c13-12(14,15)9-3-1-8(2-4-9)5-10-6-16-11(17)7-18-10/h1-4,10H,5-7H2,(H,16,17). The predicted molar refractivity (Wildman–Crippen MR) is 57.9 cm³/mol. The molecule has 0 spiro atoms. The third-order valence-corrected chi connectivity index (χ3v) is 2.72. The Morgan fingerprint density at radius 2 is 1.94 bits per heavy atom. The average Bonchev–Trinajstić information content (AvgIpc) is 2.32. The molecule has 0 radical (unpaired) electrons. The number of alkyl halides is 3. The summed E-state index contributed by atoms with van der Waals surface area (Å²) < 4.78 is 42.3. The molecule has 3 nitrogen and oxygen atoms in total. The predicted octanol–water partition coefficient (Wildman–Crippen LogP) is 1.76. The van der Waals surface area contributed by atoms with Crippen LogP contribution in [-0.4, -0.2) is 25.2 Å². The summed E-state index contributed by atoms with van der Waals surface area (Å²) >= 11 is 0. The van der Waals surface area contributed by atoms with E-state index in [2.05, 4.69) is 5.32 Å². The second-order valence-electron chi connectivity index (χ2n) is 4.14. The topological polar surface area (TPSA) is 38.3 Å². The Hall–Kier alpha value is -1.56. The molecule has 1 unspecified atom stereocenters. The smallest absolute Gasteiger partial charge is 0.366 e. The summed E-state index contributed by atoms with van der Waals surface area (Å²) in [4.78, 5) is 10.9. The van der Waals surface area contributed by atoms with Gasteiger partial charge in [0.15, 0.2) is 0 Å². The monoisotopic (exact) mass is 259 g/mol. The largest absolute Gasteiger partial charge is 0.416 e. The molecule has 1 atom stereocenters. The van der Waals surface area contributed by atoms with Crippen LogP contribution in [0.3, 0.4) is 0 Å². The van der Waals surface area contributed by atoms with Crippen molar-refractivity contribution in [3.05, 3.63) is 35.4 Å². The molecule has 0 saturated carbocycles. The quantitative estimate of drug-likeness (QED) is 0.879. The van der Waals surface area contributed by atoms with Crippen molar-refractivity contribution in [1.82, 2.24) is 5.32 Å².